The van der Waals surface area contributed by atoms with Crippen molar-refractivity contribution in [2.45, 2.75) is 12.8 Å². The number of nitrogens with zero attached hydrogens (tertiary/aromatic N) is 1. The van der Waals surface area contributed by atoms with E-state index >= 15 is 0 Å². The van der Waals surface area contributed by atoms with Crippen molar-refractivity contribution in [2.75, 3.05) is 12.4 Å². The molecule has 8 heteroatoms. The number of hydrogen-bond donors (Lipinski definition) is 2. The van der Waals surface area contributed by atoms with Crippen molar-refractivity contribution in [3.05, 3.63) is 24.0 Å². The first-order valence-electron chi connectivity index (χ1n) is 5.43. The number of hydrogen-bond acceptors (Lipinski definition) is 3. The Kier molecular flexibility index (Phi) is 5.29. The van der Waals surface area contributed by atoms with Gasteiger partial charge in [0.1, 0.15) is 5.69 Å². The molecule has 0 aliphatic heterocycles. The van der Waals surface area contributed by atoms with Gasteiger partial charge in [0.05, 0.1) is 12.4 Å². The highest BCUT2D eigenvalue weighted by atomic mass is 32.2. The highest BCUT2D eigenvalue weighted by Crippen LogP contribution is 1.99. The number of rotatable bonds is 7. The zero-order valence-electron chi connectivity index (χ0n) is 10.0. The number of aromatic nitrogens is 1. The number of aryl methyl sites for hydroxylation is 1. The quantitative estimate of drug-likeness (QED) is 0.557. The summed E-state index contributed by atoms with van der Waals surface area (Å²) in [6.07, 6.45) is 2.07. The summed E-state index contributed by atoms with van der Waals surface area (Å²) in [5.74, 6) is -0.763. The Morgan fingerprint density at radius 2 is 2.17 bits per heavy atom. The van der Waals surface area contributed by atoms with Gasteiger partial charge in [-0.2, -0.15) is 0 Å². The van der Waals surface area contributed by atoms with Crippen LogP contribution in [0.4, 0.5) is 4.39 Å². The van der Waals surface area contributed by atoms with Crippen molar-refractivity contribution in [2.24, 2.45) is 7.05 Å². The van der Waals surface area contributed by atoms with Crippen LogP contribution in [0.15, 0.2) is 18.3 Å². The molecule has 0 radical (unpaired) electrons. The maximum Gasteiger partial charge on any atom is 0.282 e. The van der Waals surface area contributed by atoms with E-state index in [1.165, 1.54) is 0 Å². The fourth-order valence-corrected chi connectivity index (χ4v) is 2.26. The van der Waals surface area contributed by atoms with Crippen LogP contribution >= 0.6 is 0 Å². The Balaban J connectivity index is 2.45. The number of sulfonamides is 1. The summed E-state index contributed by atoms with van der Waals surface area (Å²) >= 11 is 0. The third-order valence-electron chi connectivity index (χ3n) is 2.29. The molecule has 0 bridgehead atoms. The van der Waals surface area contributed by atoms with Crippen molar-refractivity contribution in [1.82, 2.24) is 14.8 Å². The van der Waals surface area contributed by atoms with Crippen LogP contribution in [-0.4, -0.2) is 31.3 Å². The molecule has 1 aromatic heterocycles. The summed E-state index contributed by atoms with van der Waals surface area (Å²) in [7, 11) is -1.94. The lowest BCUT2D eigenvalue weighted by Gasteiger charge is -2.08. The SMILES string of the molecule is Cn1cccc1C(=O)NNS(=O)(=O)CCCCF. The van der Waals surface area contributed by atoms with Crippen LogP contribution in [0.25, 0.3) is 0 Å². The zero-order chi connectivity index (χ0) is 13.6. The molecule has 0 aromatic carbocycles. The van der Waals surface area contributed by atoms with Gasteiger partial charge in [0.25, 0.3) is 5.91 Å². The molecule has 0 aliphatic carbocycles. The summed E-state index contributed by atoms with van der Waals surface area (Å²) in [6, 6.07) is 3.23. The number of nitrogens with one attached hydrogen (secondary N) is 2. The maximum atomic E-state index is 11.8. The minimum Gasteiger partial charge on any atom is -0.347 e. The van der Waals surface area contributed by atoms with E-state index in [2.05, 4.69) is 5.43 Å². The lowest BCUT2D eigenvalue weighted by Crippen LogP contribution is -2.43. The second kappa shape index (κ2) is 6.50. The molecule has 1 heterocycles. The lowest BCUT2D eigenvalue weighted by molar-refractivity contribution is 0.0937. The molecule has 0 aliphatic rings. The highest BCUT2D eigenvalue weighted by Gasteiger charge is 2.13. The van der Waals surface area contributed by atoms with Gasteiger partial charge in [-0.05, 0) is 25.0 Å². The first-order chi connectivity index (χ1) is 8.46. The van der Waals surface area contributed by atoms with Gasteiger partial charge in [0.15, 0.2) is 0 Å². The van der Waals surface area contributed by atoms with Crippen LogP contribution in [0.2, 0.25) is 0 Å². The minimum atomic E-state index is -3.61. The Morgan fingerprint density at radius 1 is 1.44 bits per heavy atom. The maximum absolute atomic E-state index is 11.8. The zero-order valence-corrected chi connectivity index (χ0v) is 10.8. The number of hydrazine groups is 1. The Hall–Kier alpha value is -1.41. The van der Waals surface area contributed by atoms with Gasteiger partial charge < -0.3 is 4.57 Å². The van der Waals surface area contributed by atoms with Gasteiger partial charge in [-0.3, -0.25) is 14.6 Å². The van der Waals surface area contributed by atoms with Gasteiger partial charge in [-0.15, -0.1) is 4.83 Å². The molecule has 2 N–H and O–H groups in total. The Bertz CT molecular complexity index is 498. The Labute approximate surface area is 105 Å². The average Bonchev–Trinajstić information content (AvgIpc) is 2.73. The summed E-state index contributed by atoms with van der Waals surface area (Å²) in [5.41, 5.74) is 2.44. The molecule has 0 fully saturated rings. The third-order valence-corrected chi connectivity index (χ3v) is 3.53. The molecular formula is C10H16FN3O3S. The van der Waals surface area contributed by atoms with Crippen molar-refractivity contribution >= 4 is 15.9 Å². The summed E-state index contributed by atoms with van der Waals surface area (Å²) in [5, 5.41) is 0. The predicted octanol–water partition coefficient (Wildman–Crippen LogP) is 0.339. The summed E-state index contributed by atoms with van der Waals surface area (Å²) in [6.45, 7) is -0.550. The standard InChI is InChI=1S/C10H16FN3O3S/c1-14-7-4-5-9(14)10(15)12-13-18(16,17)8-3-2-6-11/h4-5,7,13H,2-3,6,8H2,1H3,(H,12,15). The number of amides is 1. The smallest absolute Gasteiger partial charge is 0.282 e. The van der Waals surface area contributed by atoms with Gasteiger partial charge in [-0.1, -0.05) is 0 Å². The average molecular weight is 277 g/mol. The summed E-state index contributed by atoms with van der Waals surface area (Å²) in [4.78, 5) is 13.6. The fraction of sp³-hybridized carbons (Fsp3) is 0.500. The van der Waals surface area contributed by atoms with E-state index < -0.39 is 22.6 Å². The van der Waals surface area contributed by atoms with Crippen molar-refractivity contribution in [3.8, 4) is 0 Å². The lowest BCUT2D eigenvalue weighted by atomic mass is 10.4. The van der Waals surface area contributed by atoms with E-state index in [0.717, 1.165) is 0 Å². The third kappa shape index (κ3) is 4.46. The molecule has 1 amide bonds. The first-order valence-corrected chi connectivity index (χ1v) is 7.08. The Morgan fingerprint density at radius 3 is 2.72 bits per heavy atom. The molecule has 102 valence electrons. The van der Waals surface area contributed by atoms with Gasteiger partial charge in [-0.25, -0.2) is 8.42 Å². The van der Waals surface area contributed by atoms with Crippen molar-refractivity contribution in [3.63, 3.8) is 0 Å². The van der Waals surface area contributed by atoms with Crippen LogP contribution in [0.3, 0.4) is 0 Å². The molecule has 0 unspecified atom stereocenters. The van der Waals surface area contributed by atoms with Gasteiger partial charge in [0, 0.05) is 13.2 Å². The molecular weight excluding hydrogens is 261 g/mol. The number of carbonyl (C=O) groups is 1. The molecule has 6 nitrogen and oxygen atoms in total. The molecule has 0 saturated heterocycles. The number of alkyl halides is 1. The molecule has 0 saturated carbocycles. The minimum absolute atomic E-state index is 0.187. The monoisotopic (exact) mass is 277 g/mol. The van der Waals surface area contributed by atoms with E-state index in [4.69, 9.17) is 0 Å². The number of carbonyl (C=O) groups excluding carboxylic acids is 1. The topological polar surface area (TPSA) is 80.2 Å². The van der Waals surface area contributed by atoms with Crippen LogP contribution in [0.5, 0.6) is 0 Å². The van der Waals surface area contributed by atoms with Crippen molar-refractivity contribution < 1.29 is 17.6 Å². The van der Waals surface area contributed by atoms with Crippen LogP contribution < -0.4 is 10.3 Å². The van der Waals surface area contributed by atoms with Crippen LogP contribution in [0, 0.1) is 0 Å². The van der Waals surface area contributed by atoms with Gasteiger partial charge in [0.2, 0.25) is 10.0 Å². The van der Waals surface area contributed by atoms with Crippen LogP contribution in [-0.2, 0) is 17.1 Å². The fourth-order valence-electron chi connectivity index (χ4n) is 1.32. The van der Waals surface area contributed by atoms with E-state index in [1.807, 2.05) is 4.83 Å². The normalized spacial score (nSPS) is 11.4. The predicted molar refractivity (Wildman–Crippen MR) is 65.0 cm³/mol. The second-order valence-corrected chi connectivity index (χ2v) is 5.62. The van der Waals surface area contributed by atoms with E-state index in [1.54, 1.807) is 29.9 Å². The molecule has 1 aromatic rings. The van der Waals surface area contributed by atoms with Crippen molar-refractivity contribution in [1.29, 1.82) is 0 Å². The molecule has 1 rings (SSSR count). The highest BCUT2D eigenvalue weighted by molar-refractivity contribution is 7.89. The van der Waals surface area contributed by atoms with Gasteiger partial charge >= 0.3 is 0 Å². The van der Waals surface area contributed by atoms with E-state index in [0.29, 0.717) is 5.69 Å². The number of halogens is 1. The molecule has 0 atom stereocenters. The summed E-state index contributed by atoms with van der Waals surface area (Å²) < 4.78 is 36.2. The van der Waals surface area contributed by atoms with E-state index in [-0.39, 0.29) is 18.6 Å². The molecule has 18 heavy (non-hydrogen) atoms. The second-order valence-electron chi connectivity index (χ2n) is 3.78. The molecule has 0 spiro atoms. The number of unbranched alkanes of at least 4 members (excludes halogenated alkanes) is 1. The largest absolute Gasteiger partial charge is 0.347 e. The van der Waals surface area contributed by atoms with Crippen LogP contribution in [0.1, 0.15) is 23.3 Å². The first kappa shape index (κ1) is 14.7. The van der Waals surface area contributed by atoms with E-state index in [9.17, 15) is 17.6 Å².